The van der Waals surface area contributed by atoms with Gasteiger partial charge in [0.25, 0.3) is 0 Å². The molecular weight excluding hydrogens is 296 g/mol. The molecule has 4 nitrogen and oxygen atoms in total. The molecule has 1 saturated heterocycles. The Morgan fingerprint density at radius 1 is 0.955 bits per heavy atom. The van der Waals surface area contributed by atoms with Crippen molar-refractivity contribution in [3.05, 3.63) is 34.9 Å². The van der Waals surface area contributed by atoms with Crippen LogP contribution in [0.3, 0.4) is 0 Å². The first kappa shape index (κ1) is 16.0. The zero-order chi connectivity index (χ0) is 15.6. The topological polar surface area (TPSA) is 40.6 Å². The molecule has 1 aliphatic heterocycles. The Hall–Kier alpha value is -0.910. The van der Waals surface area contributed by atoms with Gasteiger partial charge in [-0.15, -0.1) is 0 Å². The van der Waals surface area contributed by atoms with E-state index in [2.05, 4.69) is 23.1 Å². The summed E-state index contributed by atoms with van der Waals surface area (Å²) in [5.74, 6) is 0. The average molecular weight is 322 g/mol. The van der Waals surface area contributed by atoms with Gasteiger partial charge in [0.05, 0.1) is 6.26 Å². The summed E-state index contributed by atoms with van der Waals surface area (Å²) < 4.78 is 24.7. The molecule has 1 aliphatic carbocycles. The van der Waals surface area contributed by atoms with Crippen LogP contribution < -0.4 is 0 Å². The predicted molar refractivity (Wildman–Crippen MR) is 89.4 cm³/mol. The maximum absolute atomic E-state index is 11.6. The SMILES string of the molecule is CS(=O)(=O)N1CCN(Cc2ccc3c(c2)CCCCC3)CC1. The third kappa shape index (κ3) is 3.89. The lowest BCUT2D eigenvalue weighted by molar-refractivity contribution is 0.182. The molecule has 3 rings (SSSR count). The largest absolute Gasteiger partial charge is 0.296 e. The first-order valence-corrected chi connectivity index (χ1v) is 10.2. The maximum atomic E-state index is 11.6. The van der Waals surface area contributed by atoms with Crippen molar-refractivity contribution >= 4 is 10.0 Å². The van der Waals surface area contributed by atoms with Gasteiger partial charge in [-0.2, -0.15) is 4.31 Å². The van der Waals surface area contributed by atoms with Crippen LogP contribution in [0, 0.1) is 0 Å². The molecule has 0 saturated carbocycles. The van der Waals surface area contributed by atoms with E-state index in [0.717, 1.165) is 19.6 Å². The summed E-state index contributed by atoms with van der Waals surface area (Å²) in [6.45, 7) is 3.81. The van der Waals surface area contributed by atoms with Gasteiger partial charge in [-0.05, 0) is 42.4 Å². The molecule has 122 valence electrons. The van der Waals surface area contributed by atoms with Crippen molar-refractivity contribution in [1.29, 1.82) is 0 Å². The van der Waals surface area contributed by atoms with Crippen LogP contribution in [0.5, 0.6) is 0 Å². The van der Waals surface area contributed by atoms with E-state index in [4.69, 9.17) is 0 Å². The third-order valence-electron chi connectivity index (χ3n) is 4.87. The zero-order valence-corrected chi connectivity index (χ0v) is 14.2. The van der Waals surface area contributed by atoms with Crippen LogP contribution in [0.15, 0.2) is 18.2 Å². The molecule has 0 spiro atoms. The minimum atomic E-state index is -3.03. The summed E-state index contributed by atoms with van der Waals surface area (Å²) in [5, 5.41) is 0. The molecule has 0 N–H and O–H groups in total. The molecule has 22 heavy (non-hydrogen) atoms. The molecule has 1 fully saturated rings. The minimum Gasteiger partial charge on any atom is -0.296 e. The van der Waals surface area contributed by atoms with E-state index in [1.54, 1.807) is 4.31 Å². The Kier molecular flexibility index (Phi) is 4.85. The number of piperazine rings is 1. The summed E-state index contributed by atoms with van der Waals surface area (Å²) >= 11 is 0. The minimum absolute atomic E-state index is 0.615. The van der Waals surface area contributed by atoms with E-state index in [-0.39, 0.29) is 0 Å². The lowest BCUT2D eigenvalue weighted by atomic mass is 10.00. The Labute approximate surface area is 134 Å². The fraction of sp³-hybridized carbons (Fsp3) is 0.647. The maximum Gasteiger partial charge on any atom is 0.211 e. The number of hydrogen-bond donors (Lipinski definition) is 0. The van der Waals surface area contributed by atoms with Crippen molar-refractivity contribution in [3.63, 3.8) is 0 Å². The van der Waals surface area contributed by atoms with Crippen LogP contribution in [0.2, 0.25) is 0 Å². The summed E-state index contributed by atoms with van der Waals surface area (Å²) in [4.78, 5) is 2.36. The van der Waals surface area contributed by atoms with Gasteiger partial charge in [0.2, 0.25) is 10.0 Å². The van der Waals surface area contributed by atoms with Gasteiger partial charge < -0.3 is 0 Å². The van der Waals surface area contributed by atoms with Crippen LogP contribution in [0.1, 0.15) is 36.0 Å². The number of benzene rings is 1. The number of rotatable bonds is 3. The average Bonchev–Trinajstić information content (AvgIpc) is 2.71. The predicted octanol–water partition coefficient (Wildman–Crippen LogP) is 2.03. The monoisotopic (exact) mass is 322 g/mol. The third-order valence-corrected chi connectivity index (χ3v) is 6.17. The van der Waals surface area contributed by atoms with Gasteiger partial charge in [-0.25, -0.2) is 8.42 Å². The highest BCUT2D eigenvalue weighted by molar-refractivity contribution is 7.88. The molecule has 1 heterocycles. The molecule has 0 amide bonds. The van der Waals surface area contributed by atoms with E-state index in [1.165, 1.54) is 55.1 Å². The van der Waals surface area contributed by atoms with E-state index in [1.807, 2.05) is 0 Å². The lowest BCUT2D eigenvalue weighted by Gasteiger charge is -2.33. The summed E-state index contributed by atoms with van der Waals surface area (Å²) in [6.07, 6.45) is 7.71. The van der Waals surface area contributed by atoms with E-state index in [9.17, 15) is 8.42 Å². The summed E-state index contributed by atoms with van der Waals surface area (Å²) in [5.41, 5.74) is 4.43. The second kappa shape index (κ2) is 6.69. The van der Waals surface area contributed by atoms with Crippen molar-refractivity contribution in [3.8, 4) is 0 Å². The van der Waals surface area contributed by atoms with E-state index < -0.39 is 10.0 Å². The zero-order valence-electron chi connectivity index (χ0n) is 13.4. The van der Waals surface area contributed by atoms with Crippen molar-refractivity contribution in [2.24, 2.45) is 0 Å². The van der Waals surface area contributed by atoms with Gasteiger partial charge >= 0.3 is 0 Å². The highest BCUT2D eigenvalue weighted by Crippen LogP contribution is 2.22. The van der Waals surface area contributed by atoms with Crippen molar-refractivity contribution in [2.45, 2.75) is 38.6 Å². The Morgan fingerprint density at radius 2 is 1.64 bits per heavy atom. The quantitative estimate of drug-likeness (QED) is 0.800. The molecule has 1 aromatic rings. The number of fused-ring (bicyclic) bond motifs is 1. The fourth-order valence-corrected chi connectivity index (χ4v) is 4.37. The normalized spacial score (nSPS) is 21.3. The molecule has 0 atom stereocenters. The van der Waals surface area contributed by atoms with Crippen LogP contribution in [0.25, 0.3) is 0 Å². The first-order valence-electron chi connectivity index (χ1n) is 8.30. The van der Waals surface area contributed by atoms with Gasteiger partial charge in [0.1, 0.15) is 0 Å². The lowest BCUT2D eigenvalue weighted by Crippen LogP contribution is -2.47. The second-order valence-corrected chi connectivity index (χ2v) is 8.58. The Morgan fingerprint density at radius 3 is 2.32 bits per heavy atom. The van der Waals surface area contributed by atoms with Crippen LogP contribution in [-0.2, 0) is 29.4 Å². The molecule has 1 aromatic carbocycles. The number of aryl methyl sites for hydroxylation is 2. The fourth-order valence-electron chi connectivity index (χ4n) is 3.54. The summed E-state index contributed by atoms with van der Waals surface area (Å²) in [7, 11) is -3.03. The van der Waals surface area contributed by atoms with Gasteiger partial charge in [0, 0.05) is 32.7 Å². The van der Waals surface area contributed by atoms with Crippen LogP contribution >= 0.6 is 0 Å². The summed E-state index contributed by atoms with van der Waals surface area (Å²) in [6, 6.07) is 6.94. The van der Waals surface area contributed by atoms with Crippen LogP contribution in [-0.4, -0.2) is 50.1 Å². The highest BCUT2D eigenvalue weighted by Gasteiger charge is 2.23. The van der Waals surface area contributed by atoms with Crippen molar-refractivity contribution in [2.75, 3.05) is 32.4 Å². The number of nitrogens with zero attached hydrogens (tertiary/aromatic N) is 2. The molecule has 5 heteroatoms. The highest BCUT2D eigenvalue weighted by atomic mass is 32.2. The first-order chi connectivity index (χ1) is 10.5. The second-order valence-electron chi connectivity index (χ2n) is 6.60. The molecule has 2 aliphatic rings. The van der Waals surface area contributed by atoms with Gasteiger partial charge in [0.15, 0.2) is 0 Å². The standard InChI is InChI=1S/C17H26N2O2S/c1-22(20,21)19-11-9-18(10-12-19)14-15-7-8-16-5-3-2-4-6-17(16)13-15/h7-8,13H,2-6,9-12,14H2,1H3. The Balaban J connectivity index is 1.61. The van der Waals surface area contributed by atoms with E-state index in [0.29, 0.717) is 13.1 Å². The van der Waals surface area contributed by atoms with Crippen LogP contribution in [0.4, 0.5) is 0 Å². The Bertz CT molecular complexity index is 620. The van der Waals surface area contributed by atoms with Gasteiger partial charge in [-0.3, -0.25) is 4.90 Å². The van der Waals surface area contributed by atoms with Crippen molar-refractivity contribution in [1.82, 2.24) is 9.21 Å². The number of sulfonamides is 1. The van der Waals surface area contributed by atoms with Gasteiger partial charge in [-0.1, -0.05) is 24.6 Å². The molecule has 0 unspecified atom stereocenters. The number of hydrogen-bond acceptors (Lipinski definition) is 3. The smallest absolute Gasteiger partial charge is 0.211 e. The van der Waals surface area contributed by atoms with E-state index >= 15 is 0 Å². The molecular formula is C17H26N2O2S. The molecule has 0 radical (unpaired) electrons. The van der Waals surface area contributed by atoms with Crippen molar-refractivity contribution < 1.29 is 8.42 Å². The molecule has 0 aromatic heterocycles. The molecule has 0 bridgehead atoms.